The van der Waals surface area contributed by atoms with Gasteiger partial charge in [0, 0.05) is 27.8 Å². The fourth-order valence-corrected chi connectivity index (χ4v) is 3.67. The van der Waals surface area contributed by atoms with Gasteiger partial charge < -0.3 is 15.5 Å². The number of hydrogen-bond acceptors (Lipinski definition) is 3. The number of thiophene rings is 1. The number of halogens is 2. The molecule has 0 aliphatic carbocycles. The van der Waals surface area contributed by atoms with E-state index in [1.165, 1.54) is 17.8 Å². The van der Waals surface area contributed by atoms with Crippen molar-refractivity contribution in [3.05, 3.63) is 20.8 Å². The van der Waals surface area contributed by atoms with E-state index in [9.17, 15) is 0 Å². The number of guanidine groups is 1. The highest BCUT2D eigenvalue weighted by atomic mass is 127. The molecule has 0 saturated heterocycles. The predicted molar refractivity (Wildman–Crippen MR) is 117 cm³/mol. The van der Waals surface area contributed by atoms with Crippen molar-refractivity contribution in [3.8, 4) is 0 Å². The second kappa shape index (κ2) is 13.4. The Labute approximate surface area is 170 Å². The maximum atomic E-state index is 4.30. The minimum atomic E-state index is 0. The summed E-state index contributed by atoms with van der Waals surface area (Å²) in [5.41, 5.74) is 0. The lowest BCUT2D eigenvalue weighted by atomic mass is 10.2. The lowest BCUT2D eigenvalue weighted by molar-refractivity contribution is 0.292. The zero-order valence-corrected chi connectivity index (χ0v) is 19.3. The molecule has 0 saturated carbocycles. The summed E-state index contributed by atoms with van der Waals surface area (Å²) in [5, 5.41) is 8.94. The minimum absolute atomic E-state index is 0. The predicted octanol–water partition coefficient (Wildman–Crippen LogP) is 4.30. The van der Waals surface area contributed by atoms with Gasteiger partial charge in [-0.25, -0.2) is 0 Å². The van der Waals surface area contributed by atoms with Crippen LogP contribution in [0, 0.1) is 0 Å². The molecule has 1 rings (SSSR count). The fraction of sp³-hybridized carbons (Fsp3) is 0.688. The highest BCUT2D eigenvalue weighted by Crippen LogP contribution is 2.19. The van der Waals surface area contributed by atoms with E-state index in [1.807, 2.05) is 7.05 Å². The van der Waals surface area contributed by atoms with Crippen molar-refractivity contribution in [2.75, 3.05) is 26.7 Å². The average molecular weight is 517 g/mol. The van der Waals surface area contributed by atoms with Crippen LogP contribution >= 0.6 is 51.2 Å². The van der Waals surface area contributed by atoms with Crippen LogP contribution in [-0.2, 0) is 6.54 Å². The first-order valence-corrected chi connectivity index (χ1v) is 9.68. The molecule has 134 valence electrons. The van der Waals surface area contributed by atoms with E-state index in [0.29, 0.717) is 6.04 Å². The third-order valence-electron chi connectivity index (χ3n) is 3.66. The second-order valence-electron chi connectivity index (χ2n) is 5.37. The van der Waals surface area contributed by atoms with Crippen LogP contribution in [0.15, 0.2) is 20.9 Å². The van der Waals surface area contributed by atoms with Gasteiger partial charge in [-0.2, -0.15) is 0 Å². The Bertz CT molecular complexity index is 449. The normalized spacial score (nSPS) is 12.9. The van der Waals surface area contributed by atoms with Crippen LogP contribution in [0.4, 0.5) is 0 Å². The van der Waals surface area contributed by atoms with Crippen molar-refractivity contribution < 1.29 is 0 Å². The molecule has 1 atom stereocenters. The van der Waals surface area contributed by atoms with Crippen LogP contribution in [0.3, 0.4) is 0 Å². The first kappa shape index (κ1) is 23.1. The molecule has 1 aromatic rings. The quantitative estimate of drug-likeness (QED) is 0.292. The molecule has 0 radical (unpaired) electrons. The number of nitrogens with one attached hydrogen (secondary N) is 2. The van der Waals surface area contributed by atoms with Crippen molar-refractivity contribution in [2.45, 2.75) is 46.2 Å². The first-order valence-electron chi connectivity index (χ1n) is 8.01. The number of rotatable bonds is 9. The van der Waals surface area contributed by atoms with Crippen molar-refractivity contribution >= 4 is 57.2 Å². The number of nitrogens with zero attached hydrogens (tertiary/aromatic N) is 2. The Balaban J connectivity index is 0.00000484. The Morgan fingerprint density at radius 2 is 2.09 bits per heavy atom. The van der Waals surface area contributed by atoms with Gasteiger partial charge >= 0.3 is 0 Å². The Kier molecular flexibility index (Phi) is 13.5. The molecule has 1 aromatic heterocycles. The van der Waals surface area contributed by atoms with E-state index in [4.69, 9.17) is 0 Å². The second-order valence-corrected chi connectivity index (χ2v) is 7.28. The van der Waals surface area contributed by atoms with E-state index in [0.717, 1.165) is 36.5 Å². The van der Waals surface area contributed by atoms with Gasteiger partial charge in [-0.1, -0.05) is 13.8 Å². The molecule has 4 nitrogen and oxygen atoms in total. The molecular formula is C16H30BrIN4S. The van der Waals surface area contributed by atoms with Crippen molar-refractivity contribution in [3.63, 3.8) is 0 Å². The van der Waals surface area contributed by atoms with E-state index < -0.39 is 0 Å². The summed E-state index contributed by atoms with van der Waals surface area (Å²) in [7, 11) is 1.82. The zero-order valence-electron chi connectivity index (χ0n) is 14.6. The minimum Gasteiger partial charge on any atom is -0.354 e. The van der Waals surface area contributed by atoms with E-state index in [1.54, 1.807) is 11.3 Å². The van der Waals surface area contributed by atoms with Crippen LogP contribution in [0.1, 0.15) is 38.5 Å². The summed E-state index contributed by atoms with van der Waals surface area (Å²) in [5.74, 6) is 0.875. The molecule has 0 fully saturated rings. The summed E-state index contributed by atoms with van der Waals surface area (Å²) in [6.45, 7) is 10.9. The maximum absolute atomic E-state index is 4.30. The molecule has 0 spiro atoms. The summed E-state index contributed by atoms with van der Waals surface area (Å²) in [6, 6.07) is 2.56. The van der Waals surface area contributed by atoms with Gasteiger partial charge in [0.05, 0.1) is 6.54 Å². The third-order valence-corrected chi connectivity index (χ3v) is 5.36. The van der Waals surface area contributed by atoms with E-state index in [2.05, 4.69) is 68.7 Å². The van der Waals surface area contributed by atoms with Crippen LogP contribution in [0.5, 0.6) is 0 Å². The molecule has 0 aliphatic heterocycles. The summed E-state index contributed by atoms with van der Waals surface area (Å²) >= 11 is 5.23. The lowest BCUT2D eigenvalue weighted by Crippen LogP contribution is -2.42. The van der Waals surface area contributed by atoms with Crippen LogP contribution in [-0.4, -0.2) is 43.6 Å². The molecule has 1 heterocycles. The molecule has 0 aromatic carbocycles. The summed E-state index contributed by atoms with van der Waals surface area (Å²) in [6.07, 6.45) is 2.37. The molecule has 0 amide bonds. The molecule has 1 unspecified atom stereocenters. The van der Waals surface area contributed by atoms with Crippen LogP contribution in [0.25, 0.3) is 0 Å². The maximum Gasteiger partial charge on any atom is 0.191 e. The molecule has 23 heavy (non-hydrogen) atoms. The average Bonchev–Trinajstić information content (AvgIpc) is 2.93. The smallest absolute Gasteiger partial charge is 0.191 e. The largest absolute Gasteiger partial charge is 0.354 e. The van der Waals surface area contributed by atoms with Gasteiger partial charge in [0.1, 0.15) is 0 Å². The van der Waals surface area contributed by atoms with Gasteiger partial charge in [0.15, 0.2) is 5.96 Å². The molecule has 7 heteroatoms. The Hall–Kier alpha value is 0.140. The van der Waals surface area contributed by atoms with Gasteiger partial charge in [-0.05, 0) is 61.4 Å². The first-order chi connectivity index (χ1) is 10.6. The Morgan fingerprint density at radius 3 is 2.61 bits per heavy atom. The van der Waals surface area contributed by atoms with Gasteiger partial charge in [0.25, 0.3) is 0 Å². The number of aliphatic imine (C=N–C) groups is 1. The van der Waals surface area contributed by atoms with Crippen molar-refractivity contribution in [2.24, 2.45) is 4.99 Å². The zero-order chi connectivity index (χ0) is 16.4. The lowest BCUT2D eigenvalue weighted by Gasteiger charge is -2.21. The van der Waals surface area contributed by atoms with Gasteiger partial charge in [0.2, 0.25) is 0 Å². The monoisotopic (exact) mass is 516 g/mol. The standard InChI is InChI=1S/C16H29BrN4S.HI/c1-5-21(6-2)9-7-8-13(3)20-16(18-4)19-11-15-10-14(17)12-22-15;/h10,12-13H,5-9,11H2,1-4H3,(H2,18,19,20);1H. The third kappa shape index (κ3) is 9.89. The molecular weight excluding hydrogens is 487 g/mol. The van der Waals surface area contributed by atoms with Crippen molar-refractivity contribution in [1.82, 2.24) is 15.5 Å². The summed E-state index contributed by atoms with van der Waals surface area (Å²) in [4.78, 5) is 8.06. The van der Waals surface area contributed by atoms with Crippen LogP contribution in [0.2, 0.25) is 0 Å². The summed E-state index contributed by atoms with van der Waals surface area (Å²) < 4.78 is 1.14. The van der Waals surface area contributed by atoms with Crippen LogP contribution < -0.4 is 10.6 Å². The van der Waals surface area contributed by atoms with Crippen molar-refractivity contribution in [1.29, 1.82) is 0 Å². The van der Waals surface area contributed by atoms with E-state index in [-0.39, 0.29) is 24.0 Å². The van der Waals surface area contributed by atoms with Gasteiger partial charge in [-0.3, -0.25) is 4.99 Å². The van der Waals surface area contributed by atoms with E-state index >= 15 is 0 Å². The SMILES string of the molecule is CCN(CC)CCCC(C)NC(=NC)NCc1cc(Br)cs1.I. The molecule has 0 aliphatic rings. The highest BCUT2D eigenvalue weighted by molar-refractivity contribution is 14.0. The topological polar surface area (TPSA) is 39.7 Å². The number of hydrogen-bond donors (Lipinski definition) is 2. The van der Waals surface area contributed by atoms with Gasteiger partial charge in [-0.15, -0.1) is 35.3 Å². The molecule has 2 N–H and O–H groups in total. The Morgan fingerprint density at radius 1 is 1.39 bits per heavy atom. The molecule has 0 bridgehead atoms. The fourth-order valence-electron chi connectivity index (χ4n) is 2.28. The highest BCUT2D eigenvalue weighted by Gasteiger charge is 2.07.